The van der Waals surface area contributed by atoms with Gasteiger partial charge in [-0.3, -0.25) is 9.97 Å². The molecule has 0 saturated heterocycles. The fourth-order valence-electron chi connectivity index (χ4n) is 2.87. The Morgan fingerprint density at radius 2 is 1.70 bits per heavy atom. The van der Waals surface area contributed by atoms with E-state index < -0.39 is 0 Å². The number of benzene rings is 1. The molecule has 2 aromatic heterocycles. The van der Waals surface area contributed by atoms with Crippen molar-refractivity contribution in [1.82, 2.24) is 9.97 Å². The molecule has 0 fully saturated rings. The Morgan fingerprint density at radius 3 is 2.41 bits per heavy atom. The summed E-state index contributed by atoms with van der Waals surface area (Å²) in [7, 11) is 0. The van der Waals surface area contributed by atoms with Gasteiger partial charge in [-0.15, -0.1) is 0 Å². The molecule has 4 heteroatoms. The van der Waals surface area contributed by atoms with Gasteiger partial charge in [-0.05, 0) is 47.7 Å². The van der Waals surface area contributed by atoms with Crippen LogP contribution in [0.3, 0.4) is 0 Å². The maximum Gasteiger partial charge on any atom is 0.119 e. The van der Waals surface area contributed by atoms with Crippen molar-refractivity contribution in [3.8, 4) is 5.75 Å². The van der Waals surface area contributed by atoms with Gasteiger partial charge in [-0.25, -0.2) is 0 Å². The zero-order valence-corrected chi connectivity index (χ0v) is 16.0. The minimum Gasteiger partial charge on any atom is -0.489 e. The van der Waals surface area contributed by atoms with Crippen LogP contribution >= 0.6 is 0 Å². The Bertz CT molecular complexity index is 803. The highest BCUT2D eigenvalue weighted by Gasteiger charge is 2.19. The predicted octanol–water partition coefficient (Wildman–Crippen LogP) is 4.84. The van der Waals surface area contributed by atoms with Crippen molar-refractivity contribution in [2.75, 3.05) is 6.61 Å². The molecule has 1 aromatic carbocycles. The zero-order valence-electron chi connectivity index (χ0n) is 16.0. The van der Waals surface area contributed by atoms with Crippen molar-refractivity contribution in [3.05, 3.63) is 90.0 Å². The Balaban J connectivity index is 1.46. The van der Waals surface area contributed by atoms with E-state index >= 15 is 0 Å². The highest BCUT2D eigenvalue weighted by atomic mass is 16.5. The van der Waals surface area contributed by atoms with E-state index in [1.54, 1.807) is 12.4 Å². The van der Waals surface area contributed by atoms with Gasteiger partial charge < -0.3 is 9.47 Å². The van der Waals surface area contributed by atoms with Crippen LogP contribution in [-0.2, 0) is 24.4 Å². The minimum absolute atomic E-state index is 0.0485. The SMILES string of the molecule is CC(C)(COCc1ccccn1)Cc1ccc(OCc2cccnc2)cc1. The third-order valence-corrected chi connectivity index (χ3v) is 4.20. The molecule has 0 amide bonds. The maximum absolute atomic E-state index is 5.87. The first-order valence-electron chi connectivity index (χ1n) is 9.19. The van der Waals surface area contributed by atoms with Gasteiger partial charge in [-0.2, -0.15) is 0 Å². The van der Waals surface area contributed by atoms with Gasteiger partial charge in [0, 0.05) is 24.2 Å². The first kappa shape index (κ1) is 19.1. The topological polar surface area (TPSA) is 44.2 Å². The van der Waals surface area contributed by atoms with Gasteiger partial charge in [0.1, 0.15) is 12.4 Å². The Kier molecular flexibility index (Phi) is 6.55. The number of hydrogen-bond acceptors (Lipinski definition) is 4. The summed E-state index contributed by atoms with van der Waals surface area (Å²) in [6.07, 6.45) is 6.32. The average Bonchev–Trinajstić information content (AvgIpc) is 2.69. The van der Waals surface area contributed by atoms with E-state index in [4.69, 9.17) is 9.47 Å². The van der Waals surface area contributed by atoms with Gasteiger partial charge in [0.2, 0.25) is 0 Å². The molecule has 3 aromatic rings. The summed E-state index contributed by atoms with van der Waals surface area (Å²) >= 11 is 0. The van der Waals surface area contributed by atoms with E-state index in [9.17, 15) is 0 Å². The number of aromatic nitrogens is 2. The third-order valence-electron chi connectivity index (χ3n) is 4.20. The van der Waals surface area contributed by atoms with Crippen LogP contribution in [0.15, 0.2) is 73.2 Å². The molecule has 0 bridgehead atoms. The number of hydrogen-bond donors (Lipinski definition) is 0. The van der Waals surface area contributed by atoms with Crippen molar-refractivity contribution in [2.24, 2.45) is 5.41 Å². The standard InChI is InChI=1S/C23H26N2O2/c1-23(2,18-26-17-21-7-3-4-13-25-21)14-19-8-10-22(11-9-19)27-16-20-6-5-12-24-15-20/h3-13,15H,14,16-18H2,1-2H3. The van der Waals surface area contributed by atoms with Crippen molar-refractivity contribution in [2.45, 2.75) is 33.5 Å². The summed E-state index contributed by atoms with van der Waals surface area (Å²) in [6.45, 7) is 6.20. The lowest BCUT2D eigenvalue weighted by Gasteiger charge is -2.24. The molecule has 0 atom stereocenters. The lowest BCUT2D eigenvalue weighted by Crippen LogP contribution is -2.22. The van der Waals surface area contributed by atoms with Crippen LogP contribution in [0.5, 0.6) is 5.75 Å². The normalized spacial score (nSPS) is 11.3. The lowest BCUT2D eigenvalue weighted by molar-refractivity contribution is 0.0497. The monoisotopic (exact) mass is 362 g/mol. The van der Waals surface area contributed by atoms with Gasteiger partial charge in [-0.1, -0.05) is 38.1 Å². The molecule has 0 spiro atoms. The Labute approximate surface area is 161 Å². The number of nitrogens with zero attached hydrogens (tertiary/aromatic N) is 2. The maximum atomic E-state index is 5.87. The van der Waals surface area contributed by atoms with E-state index in [1.165, 1.54) is 5.56 Å². The first-order valence-corrected chi connectivity index (χ1v) is 9.19. The Morgan fingerprint density at radius 1 is 0.852 bits per heavy atom. The summed E-state index contributed by atoms with van der Waals surface area (Å²) in [5.74, 6) is 0.867. The number of pyridine rings is 2. The average molecular weight is 362 g/mol. The summed E-state index contributed by atoms with van der Waals surface area (Å²) in [4.78, 5) is 8.39. The van der Waals surface area contributed by atoms with Gasteiger partial charge in [0.05, 0.1) is 18.9 Å². The van der Waals surface area contributed by atoms with Crippen LogP contribution < -0.4 is 4.74 Å². The Hall–Kier alpha value is -2.72. The van der Waals surface area contributed by atoms with Gasteiger partial charge >= 0.3 is 0 Å². The third kappa shape index (κ3) is 6.50. The highest BCUT2D eigenvalue weighted by molar-refractivity contribution is 5.28. The van der Waals surface area contributed by atoms with Crippen molar-refractivity contribution in [3.63, 3.8) is 0 Å². The molecule has 0 radical (unpaired) electrons. The fourth-order valence-corrected chi connectivity index (χ4v) is 2.87. The quantitative estimate of drug-likeness (QED) is 0.546. The summed E-state index contributed by atoms with van der Waals surface area (Å²) in [6, 6.07) is 18.1. The molecule has 0 aliphatic rings. The second-order valence-corrected chi connectivity index (χ2v) is 7.45. The van der Waals surface area contributed by atoms with Crippen LogP contribution in [0.4, 0.5) is 0 Å². The number of rotatable bonds is 9. The lowest BCUT2D eigenvalue weighted by atomic mass is 9.86. The smallest absolute Gasteiger partial charge is 0.119 e. The first-order chi connectivity index (χ1) is 13.1. The molecule has 2 heterocycles. The molecule has 0 aliphatic carbocycles. The van der Waals surface area contributed by atoms with E-state index in [0.29, 0.717) is 19.8 Å². The van der Waals surface area contributed by atoms with E-state index in [2.05, 4.69) is 35.9 Å². The van der Waals surface area contributed by atoms with Crippen LogP contribution in [-0.4, -0.2) is 16.6 Å². The second-order valence-electron chi connectivity index (χ2n) is 7.45. The molecule has 0 N–H and O–H groups in total. The van der Waals surface area contributed by atoms with Gasteiger partial charge in [0.25, 0.3) is 0 Å². The fraction of sp³-hybridized carbons (Fsp3) is 0.304. The molecular formula is C23H26N2O2. The largest absolute Gasteiger partial charge is 0.489 e. The molecular weight excluding hydrogens is 336 g/mol. The predicted molar refractivity (Wildman–Crippen MR) is 106 cm³/mol. The molecule has 0 aliphatic heterocycles. The zero-order chi connectivity index (χ0) is 19.0. The molecule has 27 heavy (non-hydrogen) atoms. The number of ether oxygens (including phenoxy) is 2. The second kappa shape index (κ2) is 9.28. The van der Waals surface area contributed by atoms with E-state index in [-0.39, 0.29) is 5.41 Å². The van der Waals surface area contributed by atoms with Crippen LogP contribution in [0.2, 0.25) is 0 Å². The van der Waals surface area contributed by atoms with Crippen LogP contribution in [0.25, 0.3) is 0 Å². The van der Waals surface area contributed by atoms with Crippen molar-refractivity contribution >= 4 is 0 Å². The molecule has 3 rings (SSSR count). The molecule has 0 saturated carbocycles. The van der Waals surface area contributed by atoms with E-state index in [1.807, 2.05) is 48.7 Å². The highest BCUT2D eigenvalue weighted by Crippen LogP contribution is 2.24. The van der Waals surface area contributed by atoms with Crippen LogP contribution in [0.1, 0.15) is 30.7 Å². The van der Waals surface area contributed by atoms with Crippen molar-refractivity contribution < 1.29 is 9.47 Å². The van der Waals surface area contributed by atoms with E-state index in [0.717, 1.165) is 23.4 Å². The minimum atomic E-state index is 0.0485. The van der Waals surface area contributed by atoms with Gasteiger partial charge in [0.15, 0.2) is 0 Å². The molecule has 4 nitrogen and oxygen atoms in total. The van der Waals surface area contributed by atoms with Crippen molar-refractivity contribution in [1.29, 1.82) is 0 Å². The summed E-state index contributed by atoms with van der Waals surface area (Å²) < 4.78 is 11.7. The molecule has 0 unspecified atom stereocenters. The molecule has 140 valence electrons. The summed E-state index contributed by atoms with van der Waals surface area (Å²) in [5.41, 5.74) is 3.35. The van der Waals surface area contributed by atoms with Crippen LogP contribution in [0, 0.1) is 5.41 Å². The summed E-state index contributed by atoms with van der Waals surface area (Å²) in [5, 5.41) is 0.